The van der Waals surface area contributed by atoms with E-state index in [0.29, 0.717) is 25.7 Å². The fraction of sp³-hybridized carbons (Fsp3) is 0.333. The first-order chi connectivity index (χ1) is 9.75. The molecule has 0 heterocycles. The van der Waals surface area contributed by atoms with Crippen molar-refractivity contribution in [1.29, 1.82) is 0 Å². The number of ether oxygens (including phenoxy) is 2. The summed E-state index contributed by atoms with van der Waals surface area (Å²) in [5.41, 5.74) is 2.49. The normalized spacial score (nSPS) is 10.8. The molecule has 0 spiro atoms. The molecule has 2 aromatic carbocycles. The second kappa shape index (κ2) is 7.71. The van der Waals surface area contributed by atoms with Crippen molar-refractivity contribution in [3.05, 3.63) is 65.7 Å². The summed E-state index contributed by atoms with van der Waals surface area (Å²) in [5, 5.41) is 0. The number of benzene rings is 2. The quantitative estimate of drug-likeness (QED) is 0.694. The van der Waals surface area contributed by atoms with Gasteiger partial charge in [0.25, 0.3) is 0 Å². The highest BCUT2D eigenvalue weighted by molar-refractivity contribution is 5.30. The molecule has 2 rings (SSSR count). The maximum Gasteiger partial charge on any atom is 0.119 e. The van der Waals surface area contributed by atoms with Crippen LogP contribution in [0, 0.1) is 0 Å². The minimum atomic E-state index is 0.521. The van der Waals surface area contributed by atoms with Crippen molar-refractivity contribution < 1.29 is 9.47 Å². The van der Waals surface area contributed by atoms with Crippen LogP contribution < -0.4 is 4.74 Å². The van der Waals surface area contributed by atoms with Crippen molar-refractivity contribution in [1.82, 2.24) is 0 Å². The minimum Gasteiger partial charge on any atom is -0.491 e. The average Bonchev–Trinajstić information content (AvgIpc) is 2.48. The Bertz CT molecular complexity index is 506. The van der Waals surface area contributed by atoms with E-state index in [1.807, 2.05) is 30.3 Å². The van der Waals surface area contributed by atoms with E-state index in [4.69, 9.17) is 9.47 Å². The average molecular weight is 270 g/mol. The lowest BCUT2D eigenvalue weighted by Crippen LogP contribution is -2.06. The second-order valence-corrected chi connectivity index (χ2v) is 5.11. The molecule has 0 fully saturated rings. The predicted molar refractivity (Wildman–Crippen MR) is 82.1 cm³/mol. The van der Waals surface area contributed by atoms with Gasteiger partial charge < -0.3 is 9.47 Å². The van der Waals surface area contributed by atoms with Gasteiger partial charge in [0.05, 0.1) is 13.2 Å². The molecule has 0 unspecified atom stereocenters. The maximum absolute atomic E-state index is 5.71. The van der Waals surface area contributed by atoms with Crippen LogP contribution in [0.2, 0.25) is 0 Å². The molecule has 2 aromatic rings. The van der Waals surface area contributed by atoms with Crippen LogP contribution in [-0.2, 0) is 11.3 Å². The highest BCUT2D eigenvalue weighted by atomic mass is 16.5. The molecule has 0 aliphatic heterocycles. The Morgan fingerprint density at radius 2 is 1.70 bits per heavy atom. The van der Waals surface area contributed by atoms with E-state index in [1.54, 1.807) is 0 Å². The summed E-state index contributed by atoms with van der Waals surface area (Å²) in [7, 11) is 0. The summed E-state index contributed by atoms with van der Waals surface area (Å²) in [6, 6.07) is 18.4. The van der Waals surface area contributed by atoms with Gasteiger partial charge in [0.1, 0.15) is 12.4 Å². The van der Waals surface area contributed by atoms with E-state index < -0.39 is 0 Å². The van der Waals surface area contributed by atoms with E-state index in [-0.39, 0.29) is 0 Å². The molecule has 0 atom stereocenters. The van der Waals surface area contributed by atoms with E-state index in [2.05, 4.69) is 38.1 Å². The second-order valence-electron chi connectivity index (χ2n) is 5.11. The molecular weight excluding hydrogens is 248 g/mol. The third-order valence-electron chi connectivity index (χ3n) is 3.13. The van der Waals surface area contributed by atoms with Crippen LogP contribution in [0.4, 0.5) is 0 Å². The molecular formula is C18H22O2. The van der Waals surface area contributed by atoms with Crippen LogP contribution in [-0.4, -0.2) is 13.2 Å². The van der Waals surface area contributed by atoms with Crippen LogP contribution in [0.3, 0.4) is 0 Å². The molecule has 0 aromatic heterocycles. The first-order valence-electron chi connectivity index (χ1n) is 7.10. The monoisotopic (exact) mass is 270 g/mol. The zero-order valence-corrected chi connectivity index (χ0v) is 12.2. The van der Waals surface area contributed by atoms with Gasteiger partial charge in [-0.2, -0.15) is 0 Å². The fourth-order valence-electron chi connectivity index (χ4n) is 1.95. The van der Waals surface area contributed by atoms with Gasteiger partial charge in [0, 0.05) is 0 Å². The van der Waals surface area contributed by atoms with Gasteiger partial charge in [0.2, 0.25) is 0 Å². The van der Waals surface area contributed by atoms with Gasteiger partial charge >= 0.3 is 0 Å². The highest BCUT2D eigenvalue weighted by Gasteiger charge is 2.01. The molecule has 0 amide bonds. The smallest absolute Gasteiger partial charge is 0.119 e. The van der Waals surface area contributed by atoms with Gasteiger partial charge in [0.15, 0.2) is 0 Å². The molecule has 0 saturated carbocycles. The van der Waals surface area contributed by atoms with Crippen LogP contribution in [0.1, 0.15) is 30.9 Å². The van der Waals surface area contributed by atoms with E-state index in [0.717, 1.165) is 5.75 Å². The zero-order valence-electron chi connectivity index (χ0n) is 12.2. The van der Waals surface area contributed by atoms with Crippen LogP contribution in [0.15, 0.2) is 54.6 Å². The number of hydrogen-bond acceptors (Lipinski definition) is 2. The molecule has 0 aliphatic carbocycles. The first kappa shape index (κ1) is 14.6. The molecule has 20 heavy (non-hydrogen) atoms. The molecule has 0 saturated heterocycles. The SMILES string of the molecule is CC(C)c1cccc(OCCOCc2ccccc2)c1. The Kier molecular flexibility index (Phi) is 5.63. The van der Waals surface area contributed by atoms with Crippen LogP contribution in [0.5, 0.6) is 5.75 Å². The number of hydrogen-bond donors (Lipinski definition) is 0. The Hall–Kier alpha value is -1.80. The minimum absolute atomic E-state index is 0.521. The van der Waals surface area contributed by atoms with Crippen molar-refractivity contribution >= 4 is 0 Å². The summed E-state index contributed by atoms with van der Waals surface area (Å²) < 4.78 is 11.3. The van der Waals surface area contributed by atoms with Gasteiger partial charge in [-0.15, -0.1) is 0 Å². The summed E-state index contributed by atoms with van der Waals surface area (Å²) in [6.45, 7) is 6.18. The summed E-state index contributed by atoms with van der Waals surface area (Å²) >= 11 is 0. The van der Waals surface area contributed by atoms with Gasteiger partial charge in [-0.3, -0.25) is 0 Å². The fourth-order valence-corrected chi connectivity index (χ4v) is 1.95. The van der Waals surface area contributed by atoms with E-state index >= 15 is 0 Å². The lowest BCUT2D eigenvalue weighted by atomic mass is 10.0. The van der Waals surface area contributed by atoms with Gasteiger partial charge in [-0.05, 0) is 29.2 Å². The molecule has 0 radical (unpaired) electrons. The maximum atomic E-state index is 5.71. The molecule has 2 heteroatoms. The van der Waals surface area contributed by atoms with Gasteiger partial charge in [-0.1, -0.05) is 56.3 Å². The lowest BCUT2D eigenvalue weighted by Gasteiger charge is -2.10. The van der Waals surface area contributed by atoms with Crippen LogP contribution in [0.25, 0.3) is 0 Å². The van der Waals surface area contributed by atoms with Crippen molar-refractivity contribution in [2.75, 3.05) is 13.2 Å². The molecule has 2 nitrogen and oxygen atoms in total. The van der Waals surface area contributed by atoms with Crippen molar-refractivity contribution in [2.24, 2.45) is 0 Å². The van der Waals surface area contributed by atoms with Crippen molar-refractivity contribution in [3.8, 4) is 5.75 Å². The third kappa shape index (κ3) is 4.71. The molecule has 0 aliphatic rings. The molecule has 106 valence electrons. The zero-order chi connectivity index (χ0) is 14.2. The lowest BCUT2D eigenvalue weighted by molar-refractivity contribution is 0.0889. The third-order valence-corrected chi connectivity index (χ3v) is 3.13. The van der Waals surface area contributed by atoms with Crippen molar-refractivity contribution in [2.45, 2.75) is 26.4 Å². The van der Waals surface area contributed by atoms with E-state index in [1.165, 1.54) is 11.1 Å². The number of rotatable bonds is 7. The topological polar surface area (TPSA) is 18.5 Å². The van der Waals surface area contributed by atoms with Crippen LogP contribution >= 0.6 is 0 Å². The summed E-state index contributed by atoms with van der Waals surface area (Å²) in [6.07, 6.45) is 0. The Morgan fingerprint density at radius 1 is 0.900 bits per heavy atom. The summed E-state index contributed by atoms with van der Waals surface area (Å²) in [4.78, 5) is 0. The predicted octanol–water partition coefficient (Wildman–Crippen LogP) is 4.41. The Balaban J connectivity index is 1.69. The van der Waals surface area contributed by atoms with Gasteiger partial charge in [-0.25, -0.2) is 0 Å². The highest BCUT2D eigenvalue weighted by Crippen LogP contribution is 2.19. The Labute approximate surface area is 121 Å². The van der Waals surface area contributed by atoms with E-state index in [9.17, 15) is 0 Å². The molecule has 0 N–H and O–H groups in total. The molecule has 0 bridgehead atoms. The summed E-state index contributed by atoms with van der Waals surface area (Å²) in [5.74, 6) is 1.44. The standard InChI is InChI=1S/C18H22O2/c1-15(2)17-9-6-10-18(13-17)20-12-11-19-14-16-7-4-3-5-8-16/h3-10,13,15H,11-12,14H2,1-2H3. The first-order valence-corrected chi connectivity index (χ1v) is 7.10. The Morgan fingerprint density at radius 3 is 2.45 bits per heavy atom. The van der Waals surface area contributed by atoms with Crippen molar-refractivity contribution in [3.63, 3.8) is 0 Å². The largest absolute Gasteiger partial charge is 0.491 e.